The number of amides is 1. The van der Waals surface area contributed by atoms with E-state index in [9.17, 15) is 4.79 Å². The molecule has 4 bridgehead atoms. The summed E-state index contributed by atoms with van der Waals surface area (Å²) in [6, 6.07) is 0. The van der Waals surface area contributed by atoms with Crippen LogP contribution in [0.4, 0.5) is 0 Å². The van der Waals surface area contributed by atoms with Gasteiger partial charge in [0.2, 0.25) is 5.91 Å². The quantitative estimate of drug-likeness (QED) is 0.598. The molecular weight excluding hydrogens is 236 g/mol. The second kappa shape index (κ2) is 5.64. The van der Waals surface area contributed by atoms with Crippen molar-refractivity contribution in [1.82, 2.24) is 5.43 Å². The molecule has 0 spiro atoms. The largest absolute Gasteiger partial charge is 0.273 e. The van der Waals surface area contributed by atoms with Crippen LogP contribution in [0.3, 0.4) is 0 Å². The van der Waals surface area contributed by atoms with Gasteiger partial charge in [-0.2, -0.15) is 5.10 Å². The molecule has 1 N–H and O–H groups in total. The Morgan fingerprint density at radius 2 is 1.74 bits per heavy atom. The van der Waals surface area contributed by atoms with E-state index >= 15 is 0 Å². The van der Waals surface area contributed by atoms with E-state index in [4.69, 9.17) is 0 Å². The fourth-order valence-corrected chi connectivity index (χ4v) is 4.57. The molecule has 4 fully saturated rings. The van der Waals surface area contributed by atoms with E-state index < -0.39 is 0 Å². The molecule has 0 atom stereocenters. The van der Waals surface area contributed by atoms with Crippen LogP contribution in [0, 0.1) is 23.7 Å². The predicted octanol–water partition coefficient (Wildman–Crippen LogP) is 3.50. The van der Waals surface area contributed by atoms with E-state index in [0.717, 1.165) is 31.1 Å². The lowest BCUT2D eigenvalue weighted by Crippen LogP contribution is -2.46. The van der Waals surface area contributed by atoms with Gasteiger partial charge in [-0.3, -0.25) is 4.79 Å². The Morgan fingerprint density at radius 3 is 2.32 bits per heavy atom. The van der Waals surface area contributed by atoms with E-state index in [1.54, 1.807) is 0 Å². The molecule has 0 aromatic heterocycles. The minimum Gasteiger partial charge on any atom is -0.273 e. The van der Waals surface area contributed by atoms with E-state index in [2.05, 4.69) is 17.5 Å². The highest BCUT2D eigenvalue weighted by atomic mass is 16.2. The molecule has 0 saturated heterocycles. The summed E-state index contributed by atoms with van der Waals surface area (Å²) in [5.41, 5.74) is 4.15. The Bertz CT molecular complexity index is 345. The zero-order chi connectivity index (χ0) is 13.2. The van der Waals surface area contributed by atoms with Crippen molar-refractivity contribution in [2.24, 2.45) is 28.8 Å². The van der Waals surface area contributed by atoms with E-state index in [1.165, 1.54) is 37.8 Å². The van der Waals surface area contributed by atoms with Gasteiger partial charge in [0.05, 0.1) is 0 Å². The third-order valence-electron chi connectivity index (χ3n) is 5.29. The van der Waals surface area contributed by atoms with Crippen molar-refractivity contribution in [3.8, 4) is 0 Å². The molecule has 4 saturated carbocycles. The fourth-order valence-electron chi connectivity index (χ4n) is 4.57. The minimum absolute atomic E-state index is 0.106. The smallest absolute Gasteiger partial charge is 0.240 e. The Morgan fingerprint density at radius 1 is 1.11 bits per heavy atom. The highest BCUT2D eigenvalue weighted by Crippen LogP contribution is 2.52. The molecule has 0 unspecified atom stereocenters. The molecule has 0 heterocycles. The van der Waals surface area contributed by atoms with Crippen molar-refractivity contribution in [2.45, 2.75) is 64.7 Å². The summed E-state index contributed by atoms with van der Waals surface area (Å²) in [6.07, 6.45) is 10.7. The first kappa shape index (κ1) is 13.1. The average Bonchev–Trinajstić information content (AvgIpc) is 2.37. The van der Waals surface area contributed by atoms with Crippen molar-refractivity contribution < 1.29 is 4.79 Å². The maximum atomic E-state index is 11.7. The second-order valence-electron chi connectivity index (χ2n) is 6.83. The van der Waals surface area contributed by atoms with Gasteiger partial charge in [0.25, 0.3) is 0 Å². The zero-order valence-corrected chi connectivity index (χ0v) is 12.0. The molecule has 1 amide bonds. The summed E-state index contributed by atoms with van der Waals surface area (Å²) in [5, 5.41) is 4.52. The molecule has 3 nitrogen and oxygen atoms in total. The molecule has 0 aliphatic heterocycles. The van der Waals surface area contributed by atoms with Crippen LogP contribution in [0.5, 0.6) is 0 Å². The number of carbonyl (C=O) groups is 1. The molecule has 0 aromatic rings. The molecule has 4 aliphatic rings. The van der Waals surface area contributed by atoms with Gasteiger partial charge in [-0.15, -0.1) is 0 Å². The molecule has 19 heavy (non-hydrogen) atoms. The van der Waals surface area contributed by atoms with Crippen molar-refractivity contribution in [3.63, 3.8) is 0 Å². The molecule has 4 aliphatic carbocycles. The zero-order valence-electron chi connectivity index (χ0n) is 12.0. The van der Waals surface area contributed by atoms with Gasteiger partial charge in [0.15, 0.2) is 0 Å². The third-order valence-corrected chi connectivity index (χ3v) is 5.29. The van der Waals surface area contributed by atoms with E-state index in [-0.39, 0.29) is 5.91 Å². The van der Waals surface area contributed by atoms with E-state index in [0.29, 0.717) is 18.3 Å². The highest BCUT2D eigenvalue weighted by Gasteiger charge is 2.46. The number of hydrogen-bond donors (Lipinski definition) is 1. The highest BCUT2D eigenvalue weighted by molar-refractivity contribution is 5.91. The normalized spacial score (nSPS) is 35.5. The average molecular weight is 262 g/mol. The Balaban J connectivity index is 1.54. The summed E-state index contributed by atoms with van der Waals surface area (Å²) in [5.74, 6) is 3.40. The van der Waals surface area contributed by atoms with Gasteiger partial charge in [-0.05, 0) is 62.2 Å². The molecule has 106 valence electrons. The van der Waals surface area contributed by atoms with Gasteiger partial charge in [-0.25, -0.2) is 5.43 Å². The number of unbranched alkanes of at least 4 members (excludes halogenated alkanes) is 2. The summed E-state index contributed by atoms with van der Waals surface area (Å²) in [4.78, 5) is 11.7. The molecule has 0 aromatic carbocycles. The lowest BCUT2D eigenvalue weighted by Gasteiger charge is -2.50. The summed E-state index contributed by atoms with van der Waals surface area (Å²) in [7, 11) is 0. The number of carbonyl (C=O) groups excluding carboxylic acids is 1. The van der Waals surface area contributed by atoms with Crippen LogP contribution in [-0.2, 0) is 4.79 Å². The van der Waals surface area contributed by atoms with Crippen molar-refractivity contribution >= 4 is 11.6 Å². The monoisotopic (exact) mass is 262 g/mol. The predicted molar refractivity (Wildman–Crippen MR) is 76.8 cm³/mol. The first-order valence-electron chi connectivity index (χ1n) is 8.12. The number of nitrogens with zero attached hydrogens (tertiary/aromatic N) is 1. The summed E-state index contributed by atoms with van der Waals surface area (Å²) in [6.45, 7) is 2.16. The van der Waals surface area contributed by atoms with Crippen LogP contribution in [0.2, 0.25) is 0 Å². The number of nitrogens with one attached hydrogen (secondary N) is 1. The first-order valence-corrected chi connectivity index (χ1v) is 8.12. The third kappa shape index (κ3) is 2.85. The van der Waals surface area contributed by atoms with Gasteiger partial charge in [0, 0.05) is 12.1 Å². The molecule has 0 radical (unpaired) electrons. The SMILES string of the molecule is CCCCCC(=O)NN=C1C2CC3CC(C2)CC1C3. The minimum atomic E-state index is 0.106. The maximum Gasteiger partial charge on any atom is 0.240 e. The van der Waals surface area contributed by atoms with Crippen LogP contribution >= 0.6 is 0 Å². The second-order valence-corrected chi connectivity index (χ2v) is 6.83. The van der Waals surface area contributed by atoms with Crippen molar-refractivity contribution in [3.05, 3.63) is 0 Å². The molecule has 3 heteroatoms. The summed E-state index contributed by atoms with van der Waals surface area (Å²) < 4.78 is 0. The Hall–Kier alpha value is -0.860. The number of hydrogen-bond acceptors (Lipinski definition) is 2. The Labute approximate surface area is 116 Å². The number of rotatable bonds is 5. The standard InChI is InChI=1S/C16H26N2O/c1-2-3-4-5-15(19)17-18-16-13-7-11-6-12(9-13)10-14(16)8-11/h11-14H,2-10H2,1H3,(H,17,19). The van der Waals surface area contributed by atoms with Crippen molar-refractivity contribution in [2.75, 3.05) is 0 Å². The van der Waals surface area contributed by atoms with Crippen LogP contribution in [0.1, 0.15) is 64.7 Å². The lowest BCUT2D eigenvalue weighted by molar-refractivity contribution is -0.121. The molecular formula is C16H26N2O. The van der Waals surface area contributed by atoms with Gasteiger partial charge in [0.1, 0.15) is 0 Å². The van der Waals surface area contributed by atoms with Gasteiger partial charge in [-0.1, -0.05) is 19.8 Å². The van der Waals surface area contributed by atoms with Gasteiger partial charge < -0.3 is 0 Å². The van der Waals surface area contributed by atoms with Crippen LogP contribution < -0.4 is 5.43 Å². The summed E-state index contributed by atoms with van der Waals surface area (Å²) >= 11 is 0. The van der Waals surface area contributed by atoms with Crippen molar-refractivity contribution in [1.29, 1.82) is 0 Å². The van der Waals surface area contributed by atoms with Crippen LogP contribution in [-0.4, -0.2) is 11.6 Å². The van der Waals surface area contributed by atoms with Crippen LogP contribution in [0.15, 0.2) is 5.10 Å². The van der Waals surface area contributed by atoms with E-state index in [1.807, 2.05) is 0 Å². The number of hydrazone groups is 1. The topological polar surface area (TPSA) is 41.5 Å². The Kier molecular flexibility index (Phi) is 3.90. The fraction of sp³-hybridized carbons (Fsp3) is 0.875. The maximum absolute atomic E-state index is 11.7. The lowest BCUT2D eigenvalue weighted by atomic mass is 9.55. The van der Waals surface area contributed by atoms with Crippen LogP contribution in [0.25, 0.3) is 0 Å². The first-order chi connectivity index (χ1) is 9.26. The van der Waals surface area contributed by atoms with Gasteiger partial charge >= 0.3 is 0 Å². The molecule has 4 rings (SSSR count).